The number of rotatable bonds is 4. The zero-order valence-corrected chi connectivity index (χ0v) is 11.1. The van der Waals surface area contributed by atoms with Crippen LogP contribution in [0.25, 0.3) is 0 Å². The lowest BCUT2D eigenvalue weighted by atomic mass is 9.99. The van der Waals surface area contributed by atoms with Gasteiger partial charge in [-0.15, -0.1) is 0 Å². The molecule has 3 nitrogen and oxygen atoms in total. The molecule has 16 heavy (non-hydrogen) atoms. The number of carbonyl (C=O) groups excluding carboxylic acids is 1. The van der Waals surface area contributed by atoms with Crippen LogP contribution in [-0.2, 0) is 4.79 Å². The Balaban J connectivity index is 2.61. The van der Waals surface area contributed by atoms with Crippen LogP contribution in [-0.4, -0.2) is 36.0 Å². The first-order valence-electron chi connectivity index (χ1n) is 6.57. The molecule has 94 valence electrons. The Morgan fingerprint density at radius 3 is 2.75 bits per heavy atom. The normalized spacial score (nSPS) is 26.2. The zero-order chi connectivity index (χ0) is 12.1. The van der Waals surface area contributed by atoms with Crippen molar-refractivity contribution in [2.75, 3.05) is 13.1 Å². The van der Waals surface area contributed by atoms with Crippen molar-refractivity contribution in [1.29, 1.82) is 0 Å². The fraction of sp³-hybridized carbons (Fsp3) is 0.923. The molecule has 0 aromatic heterocycles. The molecular formula is C13H26N2O. The SMILES string of the molecule is CCCC(=O)N1CC(C)NCC1CC(C)C. The first kappa shape index (κ1) is 13.5. The number of hydrogen-bond acceptors (Lipinski definition) is 2. The number of piperazine rings is 1. The summed E-state index contributed by atoms with van der Waals surface area (Å²) in [5, 5.41) is 3.47. The maximum absolute atomic E-state index is 12.0. The summed E-state index contributed by atoms with van der Waals surface area (Å²) in [6.45, 7) is 10.5. The third-order valence-corrected chi connectivity index (χ3v) is 3.14. The molecule has 1 fully saturated rings. The summed E-state index contributed by atoms with van der Waals surface area (Å²) in [5.74, 6) is 0.985. The smallest absolute Gasteiger partial charge is 0.222 e. The highest BCUT2D eigenvalue weighted by Gasteiger charge is 2.29. The Hall–Kier alpha value is -0.570. The lowest BCUT2D eigenvalue weighted by Crippen LogP contribution is -2.57. The molecule has 1 aliphatic rings. The summed E-state index contributed by atoms with van der Waals surface area (Å²) in [6.07, 6.45) is 2.75. The van der Waals surface area contributed by atoms with Gasteiger partial charge < -0.3 is 10.2 Å². The maximum atomic E-state index is 12.0. The van der Waals surface area contributed by atoms with Gasteiger partial charge in [-0.2, -0.15) is 0 Å². The second-order valence-corrected chi connectivity index (χ2v) is 5.39. The average Bonchev–Trinajstić information content (AvgIpc) is 2.20. The van der Waals surface area contributed by atoms with Gasteiger partial charge in [-0.1, -0.05) is 20.8 Å². The summed E-state index contributed by atoms with van der Waals surface area (Å²) in [7, 11) is 0. The van der Waals surface area contributed by atoms with E-state index in [1.54, 1.807) is 0 Å². The minimum atomic E-state index is 0.335. The van der Waals surface area contributed by atoms with Crippen LogP contribution < -0.4 is 5.32 Å². The van der Waals surface area contributed by atoms with E-state index in [0.29, 0.717) is 30.3 Å². The second-order valence-electron chi connectivity index (χ2n) is 5.39. The maximum Gasteiger partial charge on any atom is 0.222 e. The summed E-state index contributed by atoms with van der Waals surface area (Å²) in [6, 6.07) is 0.833. The fourth-order valence-electron chi connectivity index (χ4n) is 2.37. The van der Waals surface area contributed by atoms with Crippen molar-refractivity contribution in [2.24, 2.45) is 5.92 Å². The summed E-state index contributed by atoms with van der Waals surface area (Å²) >= 11 is 0. The van der Waals surface area contributed by atoms with Crippen molar-refractivity contribution in [3.8, 4) is 0 Å². The van der Waals surface area contributed by atoms with Crippen LogP contribution in [0.5, 0.6) is 0 Å². The van der Waals surface area contributed by atoms with Crippen LogP contribution in [0.1, 0.15) is 47.0 Å². The number of nitrogens with zero attached hydrogens (tertiary/aromatic N) is 1. The van der Waals surface area contributed by atoms with Crippen LogP contribution in [0, 0.1) is 5.92 Å². The minimum Gasteiger partial charge on any atom is -0.337 e. The average molecular weight is 226 g/mol. The third-order valence-electron chi connectivity index (χ3n) is 3.14. The van der Waals surface area contributed by atoms with Crippen molar-refractivity contribution in [2.45, 2.75) is 59.0 Å². The predicted molar refractivity (Wildman–Crippen MR) is 67.3 cm³/mol. The molecule has 3 heteroatoms. The minimum absolute atomic E-state index is 0.335. The van der Waals surface area contributed by atoms with Gasteiger partial charge in [0.2, 0.25) is 5.91 Å². The van der Waals surface area contributed by atoms with Crippen LogP contribution >= 0.6 is 0 Å². The highest BCUT2D eigenvalue weighted by atomic mass is 16.2. The van der Waals surface area contributed by atoms with E-state index in [4.69, 9.17) is 0 Å². The molecule has 0 spiro atoms. The molecular weight excluding hydrogens is 200 g/mol. The number of amides is 1. The van der Waals surface area contributed by atoms with Gasteiger partial charge in [-0.05, 0) is 25.7 Å². The monoisotopic (exact) mass is 226 g/mol. The second kappa shape index (κ2) is 6.24. The van der Waals surface area contributed by atoms with Gasteiger partial charge in [0.15, 0.2) is 0 Å². The number of nitrogens with one attached hydrogen (secondary N) is 1. The van der Waals surface area contributed by atoms with Crippen molar-refractivity contribution < 1.29 is 4.79 Å². The molecule has 0 saturated carbocycles. The molecule has 1 heterocycles. The van der Waals surface area contributed by atoms with E-state index in [1.807, 2.05) is 0 Å². The number of hydrogen-bond donors (Lipinski definition) is 1. The largest absolute Gasteiger partial charge is 0.337 e. The van der Waals surface area contributed by atoms with E-state index in [0.717, 1.165) is 25.9 Å². The summed E-state index contributed by atoms with van der Waals surface area (Å²) in [5.41, 5.74) is 0. The van der Waals surface area contributed by atoms with Crippen LogP contribution in [0.3, 0.4) is 0 Å². The predicted octanol–water partition coefficient (Wildman–Crippen LogP) is 2.02. The van der Waals surface area contributed by atoms with Crippen molar-refractivity contribution in [1.82, 2.24) is 10.2 Å². The molecule has 0 bridgehead atoms. The van der Waals surface area contributed by atoms with Crippen LogP contribution in [0.4, 0.5) is 0 Å². The molecule has 1 saturated heterocycles. The standard InChI is InChI=1S/C13H26N2O/c1-5-6-13(16)15-9-11(4)14-8-12(15)7-10(2)3/h10-12,14H,5-9H2,1-4H3. The molecule has 0 aromatic rings. The van der Waals surface area contributed by atoms with E-state index in [1.165, 1.54) is 0 Å². The van der Waals surface area contributed by atoms with Gasteiger partial charge in [0.1, 0.15) is 0 Å². The molecule has 2 unspecified atom stereocenters. The Bertz CT molecular complexity index is 228. The van der Waals surface area contributed by atoms with Gasteiger partial charge in [0, 0.05) is 31.6 Å². The quantitative estimate of drug-likeness (QED) is 0.795. The van der Waals surface area contributed by atoms with E-state index in [9.17, 15) is 4.79 Å². The molecule has 0 aliphatic carbocycles. The molecule has 1 amide bonds. The summed E-state index contributed by atoms with van der Waals surface area (Å²) in [4.78, 5) is 14.1. The summed E-state index contributed by atoms with van der Waals surface area (Å²) < 4.78 is 0. The highest BCUT2D eigenvalue weighted by molar-refractivity contribution is 5.76. The van der Waals surface area contributed by atoms with Gasteiger partial charge in [0.05, 0.1) is 0 Å². The van der Waals surface area contributed by atoms with Gasteiger partial charge >= 0.3 is 0 Å². The van der Waals surface area contributed by atoms with Gasteiger partial charge in [0.25, 0.3) is 0 Å². The highest BCUT2D eigenvalue weighted by Crippen LogP contribution is 2.16. The van der Waals surface area contributed by atoms with Crippen molar-refractivity contribution >= 4 is 5.91 Å². The topological polar surface area (TPSA) is 32.3 Å². The Labute approximate surface area is 99.6 Å². The molecule has 0 radical (unpaired) electrons. The molecule has 1 N–H and O–H groups in total. The van der Waals surface area contributed by atoms with Crippen molar-refractivity contribution in [3.05, 3.63) is 0 Å². The van der Waals surface area contributed by atoms with E-state index >= 15 is 0 Å². The third kappa shape index (κ3) is 3.78. The van der Waals surface area contributed by atoms with E-state index in [-0.39, 0.29) is 0 Å². The first-order valence-corrected chi connectivity index (χ1v) is 6.57. The number of carbonyl (C=O) groups is 1. The first-order chi connectivity index (χ1) is 7.54. The fourth-order valence-corrected chi connectivity index (χ4v) is 2.37. The van der Waals surface area contributed by atoms with Gasteiger partial charge in [-0.3, -0.25) is 4.79 Å². The van der Waals surface area contributed by atoms with Crippen molar-refractivity contribution in [3.63, 3.8) is 0 Å². The molecule has 2 atom stereocenters. The van der Waals surface area contributed by atoms with Crippen LogP contribution in [0.15, 0.2) is 0 Å². The lowest BCUT2D eigenvalue weighted by molar-refractivity contribution is -0.135. The van der Waals surface area contributed by atoms with E-state index < -0.39 is 0 Å². The lowest BCUT2D eigenvalue weighted by Gasteiger charge is -2.40. The zero-order valence-electron chi connectivity index (χ0n) is 11.1. The Morgan fingerprint density at radius 1 is 1.50 bits per heavy atom. The molecule has 1 rings (SSSR count). The molecule has 1 aliphatic heterocycles. The Kier molecular flexibility index (Phi) is 5.26. The van der Waals surface area contributed by atoms with E-state index in [2.05, 4.69) is 37.9 Å². The van der Waals surface area contributed by atoms with Gasteiger partial charge in [-0.25, -0.2) is 0 Å². The van der Waals surface area contributed by atoms with Crippen LogP contribution in [0.2, 0.25) is 0 Å². The molecule has 0 aromatic carbocycles. The Morgan fingerprint density at radius 2 is 2.19 bits per heavy atom.